The highest BCUT2D eigenvalue weighted by atomic mass is 32.1. The maximum absolute atomic E-state index is 12.8. The summed E-state index contributed by atoms with van der Waals surface area (Å²) in [7, 11) is 1.62. The molecule has 4 N–H and O–H groups in total. The molecular weight excluding hydrogens is 450 g/mol. The first-order valence-electron chi connectivity index (χ1n) is 11.6. The first-order chi connectivity index (χ1) is 16.4. The van der Waals surface area contributed by atoms with E-state index in [9.17, 15) is 9.59 Å². The molecule has 2 aliphatic rings. The monoisotopic (exact) mass is 485 g/mol. The predicted octanol–water partition coefficient (Wildman–Crippen LogP) is 4.26. The average molecular weight is 486 g/mol. The van der Waals surface area contributed by atoms with Crippen LogP contribution in [0.4, 0.5) is 16.2 Å². The van der Waals surface area contributed by atoms with Gasteiger partial charge in [-0.15, -0.1) is 0 Å². The van der Waals surface area contributed by atoms with Gasteiger partial charge in [0.25, 0.3) is 0 Å². The number of aryl methyl sites for hydroxylation is 2. The van der Waals surface area contributed by atoms with E-state index in [1.807, 2.05) is 43.1 Å². The van der Waals surface area contributed by atoms with Crippen LogP contribution in [0.5, 0.6) is 5.75 Å². The fourth-order valence-corrected chi connectivity index (χ4v) is 4.70. The number of nitrogens with one attached hydrogen (secondary N) is 2. The summed E-state index contributed by atoms with van der Waals surface area (Å²) < 4.78 is 5.35. The van der Waals surface area contributed by atoms with Gasteiger partial charge < -0.3 is 26.0 Å². The Bertz CT molecular complexity index is 1040. The summed E-state index contributed by atoms with van der Waals surface area (Å²) in [5, 5.41) is 6.02. The Balaban J connectivity index is 0.00000158. The van der Waals surface area contributed by atoms with Crippen LogP contribution in [0, 0.1) is 19.8 Å². The summed E-state index contributed by atoms with van der Waals surface area (Å²) in [6.45, 7) is 4.81. The van der Waals surface area contributed by atoms with Gasteiger partial charge in [0.2, 0.25) is 5.91 Å². The molecule has 9 heteroatoms. The SMILES string of the molecule is COc1cc(NC(=O)C2CCC(N3Cc4c(C)cnc(CN)c4NC3=O)CC2)ccc1C.CS. The number of hydrogen-bond donors (Lipinski definition) is 4. The second kappa shape index (κ2) is 11.6. The first kappa shape index (κ1) is 25.8. The molecule has 1 fully saturated rings. The largest absolute Gasteiger partial charge is 0.496 e. The summed E-state index contributed by atoms with van der Waals surface area (Å²) in [5.74, 6) is 0.719. The van der Waals surface area contributed by atoms with Crippen molar-refractivity contribution in [2.45, 2.75) is 58.7 Å². The van der Waals surface area contributed by atoms with Gasteiger partial charge in [0.05, 0.1) is 25.0 Å². The zero-order chi connectivity index (χ0) is 24.8. The van der Waals surface area contributed by atoms with Crippen LogP contribution in [-0.4, -0.2) is 41.2 Å². The lowest BCUT2D eigenvalue weighted by atomic mass is 9.84. The molecule has 2 aromatic rings. The highest BCUT2D eigenvalue weighted by Gasteiger charge is 2.35. The van der Waals surface area contributed by atoms with Gasteiger partial charge in [0, 0.05) is 42.0 Å². The van der Waals surface area contributed by atoms with Crippen LogP contribution >= 0.6 is 12.6 Å². The van der Waals surface area contributed by atoms with Gasteiger partial charge in [-0.3, -0.25) is 9.78 Å². The maximum Gasteiger partial charge on any atom is 0.322 e. The highest BCUT2D eigenvalue weighted by molar-refractivity contribution is 7.79. The number of nitrogens with zero attached hydrogens (tertiary/aromatic N) is 2. The number of rotatable bonds is 5. The van der Waals surface area contributed by atoms with Crippen molar-refractivity contribution in [1.29, 1.82) is 0 Å². The number of fused-ring (bicyclic) bond motifs is 1. The van der Waals surface area contributed by atoms with E-state index in [-0.39, 0.29) is 30.4 Å². The third kappa shape index (κ3) is 5.47. The quantitative estimate of drug-likeness (QED) is 0.473. The molecule has 0 atom stereocenters. The molecule has 1 aliphatic heterocycles. The molecule has 184 valence electrons. The van der Waals surface area contributed by atoms with E-state index in [1.165, 1.54) is 0 Å². The van der Waals surface area contributed by atoms with Crippen molar-refractivity contribution >= 4 is 35.9 Å². The molecule has 3 amide bonds. The number of aromatic nitrogens is 1. The Hall–Kier alpha value is -2.78. The van der Waals surface area contributed by atoms with Crippen LogP contribution in [0.15, 0.2) is 24.4 Å². The van der Waals surface area contributed by atoms with Gasteiger partial charge in [0.15, 0.2) is 0 Å². The number of urea groups is 1. The Morgan fingerprint density at radius 3 is 2.59 bits per heavy atom. The lowest BCUT2D eigenvalue weighted by Crippen LogP contribution is -2.47. The topological polar surface area (TPSA) is 110 Å². The van der Waals surface area contributed by atoms with Crippen molar-refractivity contribution in [2.75, 3.05) is 24.0 Å². The van der Waals surface area contributed by atoms with Crippen molar-refractivity contribution in [3.63, 3.8) is 0 Å². The molecule has 1 saturated carbocycles. The number of pyridine rings is 1. The number of thiol groups is 1. The molecule has 1 aliphatic carbocycles. The van der Waals surface area contributed by atoms with Crippen LogP contribution in [0.25, 0.3) is 0 Å². The zero-order valence-corrected chi connectivity index (χ0v) is 21.2. The Kier molecular flexibility index (Phi) is 8.79. The van der Waals surface area contributed by atoms with E-state index in [4.69, 9.17) is 10.5 Å². The molecule has 0 bridgehead atoms. The molecule has 4 rings (SSSR count). The molecule has 1 aromatic carbocycles. The minimum absolute atomic E-state index is 0.0253. The fraction of sp³-hybridized carbons (Fsp3) is 0.480. The van der Waals surface area contributed by atoms with Gasteiger partial charge in [-0.2, -0.15) is 12.6 Å². The third-order valence-corrected chi connectivity index (χ3v) is 6.68. The average Bonchev–Trinajstić information content (AvgIpc) is 2.86. The fourth-order valence-electron chi connectivity index (χ4n) is 4.70. The van der Waals surface area contributed by atoms with Crippen molar-refractivity contribution in [3.05, 3.63) is 46.8 Å². The van der Waals surface area contributed by atoms with Gasteiger partial charge in [-0.05, 0) is 63.0 Å². The van der Waals surface area contributed by atoms with Crippen molar-refractivity contribution in [1.82, 2.24) is 9.88 Å². The maximum atomic E-state index is 12.8. The van der Waals surface area contributed by atoms with Crippen molar-refractivity contribution in [2.24, 2.45) is 11.7 Å². The number of methoxy groups -OCH3 is 1. The number of carbonyl (C=O) groups excluding carboxylic acids is 2. The molecule has 2 heterocycles. The zero-order valence-electron chi connectivity index (χ0n) is 20.4. The van der Waals surface area contributed by atoms with E-state index < -0.39 is 0 Å². The predicted molar refractivity (Wildman–Crippen MR) is 138 cm³/mol. The smallest absolute Gasteiger partial charge is 0.322 e. The van der Waals surface area contributed by atoms with Gasteiger partial charge >= 0.3 is 6.03 Å². The second-order valence-corrected chi connectivity index (χ2v) is 8.68. The van der Waals surface area contributed by atoms with E-state index >= 15 is 0 Å². The van der Waals surface area contributed by atoms with Crippen LogP contribution in [0.2, 0.25) is 0 Å². The van der Waals surface area contributed by atoms with E-state index in [2.05, 4.69) is 28.2 Å². The lowest BCUT2D eigenvalue weighted by molar-refractivity contribution is -0.121. The van der Waals surface area contributed by atoms with Crippen molar-refractivity contribution in [3.8, 4) is 5.75 Å². The summed E-state index contributed by atoms with van der Waals surface area (Å²) in [6, 6.07) is 5.68. The second-order valence-electron chi connectivity index (χ2n) is 8.68. The minimum atomic E-state index is -0.112. The van der Waals surface area contributed by atoms with Gasteiger partial charge in [0.1, 0.15) is 5.75 Å². The lowest BCUT2D eigenvalue weighted by Gasteiger charge is -2.40. The number of anilines is 2. The van der Waals surface area contributed by atoms with E-state index in [0.29, 0.717) is 12.2 Å². The van der Waals surface area contributed by atoms with E-state index in [0.717, 1.165) is 59.5 Å². The number of carbonyl (C=O) groups is 2. The standard InChI is InChI=1S/C24H31N5O3.CH4S/c1-14-4-7-17(10-21(14)32-3)27-23(30)16-5-8-18(9-6-16)29-13-19-15(2)12-26-20(11-25)22(19)28-24(29)31;1-2/h4,7,10,12,16,18H,5-6,8-9,11,13,25H2,1-3H3,(H,27,30)(H,28,31);2H,1H3. The molecule has 0 saturated heterocycles. The molecule has 0 unspecified atom stereocenters. The molecule has 0 spiro atoms. The third-order valence-electron chi connectivity index (χ3n) is 6.68. The Morgan fingerprint density at radius 1 is 1.24 bits per heavy atom. The minimum Gasteiger partial charge on any atom is -0.496 e. The van der Waals surface area contributed by atoms with Crippen LogP contribution < -0.4 is 21.1 Å². The Morgan fingerprint density at radius 2 is 1.94 bits per heavy atom. The Labute approximate surface area is 207 Å². The number of ether oxygens (including phenoxy) is 1. The van der Waals surface area contributed by atoms with Crippen LogP contribution in [0.3, 0.4) is 0 Å². The number of amides is 3. The van der Waals surface area contributed by atoms with Crippen LogP contribution in [-0.2, 0) is 17.9 Å². The van der Waals surface area contributed by atoms with Crippen LogP contribution in [0.1, 0.15) is 48.1 Å². The summed E-state index contributed by atoms with van der Waals surface area (Å²) in [5.41, 5.74) is 11.2. The number of nitrogens with two attached hydrogens (primary N) is 1. The molecular formula is C25H35N5O3S. The summed E-state index contributed by atoms with van der Waals surface area (Å²) in [6.07, 6.45) is 6.61. The molecule has 0 radical (unpaired) electrons. The number of benzene rings is 1. The summed E-state index contributed by atoms with van der Waals surface area (Å²) >= 11 is 3.53. The highest BCUT2D eigenvalue weighted by Crippen LogP contribution is 2.35. The molecule has 1 aromatic heterocycles. The molecule has 8 nitrogen and oxygen atoms in total. The summed E-state index contributed by atoms with van der Waals surface area (Å²) in [4.78, 5) is 31.9. The number of hydrogen-bond acceptors (Lipinski definition) is 6. The van der Waals surface area contributed by atoms with Crippen molar-refractivity contribution < 1.29 is 14.3 Å². The first-order valence-corrected chi connectivity index (χ1v) is 12.5. The normalized spacial score (nSPS) is 19.4. The van der Waals surface area contributed by atoms with E-state index in [1.54, 1.807) is 13.4 Å². The van der Waals surface area contributed by atoms with Gasteiger partial charge in [-0.1, -0.05) is 6.07 Å². The molecule has 34 heavy (non-hydrogen) atoms. The van der Waals surface area contributed by atoms with Gasteiger partial charge in [-0.25, -0.2) is 4.79 Å².